The average Bonchev–Trinajstić information content (AvgIpc) is 2.85. The molecular weight excluding hydrogens is 422 g/mol. The Labute approximate surface area is 200 Å². The molecule has 6 nitrogen and oxygen atoms in total. The standard InChI is InChI=1S/C28H31N5O/c1-33(2)27-24-12-5-6-13-25(24)31-28(32-27)30-22-16-14-21(15-17-22)29-26(34)18-20-10-7-9-19-8-3-4-11-23(19)20/h3-13,21-22H,14-18H2,1-2H3,(H,29,34)(H,30,31,32)/t21-,22+. The number of fused-ring (bicyclic) bond motifs is 2. The zero-order valence-electron chi connectivity index (χ0n) is 19.8. The molecule has 1 amide bonds. The molecule has 1 heterocycles. The smallest absolute Gasteiger partial charge is 0.225 e. The molecule has 3 aromatic carbocycles. The van der Waals surface area contributed by atoms with Crippen molar-refractivity contribution in [1.29, 1.82) is 0 Å². The summed E-state index contributed by atoms with van der Waals surface area (Å²) in [6, 6.07) is 23.0. The molecule has 1 aliphatic carbocycles. The molecule has 5 rings (SSSR count). The maximum absolute atomic E-state index is 12.8. The van der Waals surface area contributed by atoms with Gasteiger partial charge in [0.1, 0.15) is 5.82 Å². The normalized spacial score (nSPS) is 18.1. The fraction of sp³-hybridized carbons (Fsp3) is 0.321. The number of carbonyl (C=O) groups excluding carboxylic acids is 1. The Kier molecular flexibility index (Phi) is 6.30. The van der Waals surface area contributed by atoms with Gasteiger partial charge in [0.05, 0.1) is 11.9 Å². The summed E-state index contributed by atoms with van der Waals surface area (Å²) in [4.78, 5) is 24.3. The molecule has 4 aromatic rings. The van der Waals surface area contributed by atoms with Gasteiger partial charge in [-0.2, -0.15) is 4.98 Å². The number of amides is 1. The molecule has 0 saturated heterocycles. The summed E-state index contributed by atoms with van der Waals surface area (Å²) >= 11 is 0. The maximum Gasteiger partial charge on any atom is 0.225 e. The van der Waals surface area contributed by atoms with E-state index >= 15 is 0 Å². The van der Waals surface area contributed by atoms with Gasteiger partial charge in [-0.25, -0.2) is 4.98 Å². The summed E-state index contributed by atoms with van der Waals surface area (Å²) in [6.07, 6.45) is 4.28. The van der Waals surface area contributed by atoms with Gasteiger partial charge in [-0.15, -0.1) is 0 Å². The minimum absolute atomic E-state index is 0.0984. The second-order valence-corrected chi connectivity index (χ2v) is 9.36. The van der Waals surface area contributed by atoms with Crippen LogP contribution in [0.2, 0.25) is 0 Å². The number of rotatable bonds is 6. The molecule has 6 heteroatoms. The zero-order chi connectivity index (χ0) is 23.5. The molecule has 1 aliphatic rings. The first-order valence-corrected chi connectivity index (χ1v) is 12.0. The van der Waals surface area contributed by atoms with Crippen molar-refractivity contribution < 1.29 is 4.79 Å². The average molecular weight is 454 g/mol. The first-order chi connectivity index (χ1) is 16.6. The van der Waals surface area contributed by atoms with Crippen LogP contribution in [0.3, 0.4) is 0 Å². The number of hydrogen-bond donors (Lipinski definition) is 2. The van der Waals surface area contributed by atoms with Gasteiger partial charge >= 0.3 is 0 Å². The Morgan fingerprint density at radius 1 is 0.853 bits per heavy atom. The van der Waals surface area contributed by atoms with Crippen LogP contribution < -0.4 is 15.5 Å². The van der Waals surface area contributed by atoms with Gasteiger partial charge in [-0.3, -0.25) is 4.79 Å². The SMILES string of the molecule is CN(C)c1nc(N[C@H]2CC[C@@H](NC(=O)Cc3cccc4ccccc34)CC2)nc2ccccc12. The van der Waals surface area contributed by atoms with Gasteiger partial charge in [-0.05, 0) is 54.2 Å². The van der Waals surface area contributed by atoms with E-state index in [9.17, 15) is 4.79 Å². The molecule has 2 N–H and O–H groups in total. The molecule has 0 spiro atoms. The van der Waals surface area contributed by atoms with Crippen LogP contribution in [0.4, 0.5) is 11.8 Å². The van der Waals surface area contributed by atoms with E-state index in [0.29, 0.717) is 18.4 Å². The summed E-state index contributed by atoms with van der Waals surface area (Å²) in [5, 5.41) is 10.2. The Bertz CT molecular complexity index is 1310. The predicted molar refractivity (Wildman–Crippen MR) is 139 cm³/mol. The quantitative estimate of drug-likeness (QED) is 0.433. The lowest BCUT2D eigenvalue weighted by molar-refractivity contribution is -0.121. The third-order valence-corrected chi connectivity index (χ3v) is 6.66. The van der Waals surface area contributed by atoms with Crippen LogP contribution in [-0.2, 0) is 11.2 Å². The van der Waals surface area contributed by atoms with Crippen molar-refractivity contribution in [2.24, 2.45) is 0 Å². The maximum atomic E-state index is 12.8. The van der Waals surface area contributed by atoms with Gasteiger partial charge in [0.2, 0.25) is 11.9 Å². The third kappa shape index (κ3) is 4.81. The molecule has 0 bridgehead atoms. The van der Waals surface area contributed by atoms with Crippen LogP contribution in [0, 0.1) is 0 Å². The lowest BCUT2D eigenvalue weighted by atomic mass is 9.91. The van der Waals surface area contributed by atoms with Crippen LogP contribution in [-0.4, -0.2) is 42.1 Å². The fourth-order valence-corrected chi connectivity index (χ4v) is 4.93. The van der Waals surface area contributed by atoms with E-state index in [1.54, 1.807) is 0 Å². The summed E-state index contributed by atoms with van der Waals surface area (Å²) < 4.78 is 0. The van der Waals surface area contributed by atoms with Crippen molar-refractivity contribution in [2.75, 3.05) is 24.3 Å². The van der Waals surface area contributed by atoms with E-state index in [2.05, 4.69) is 34.9 Å². The van der Waals surface area contributed by atoms with Crippen LogP contribution >= 0.6 is 0 Å². The second kappa shape index (κ2) is 9.67. The number of benzene rings is 3. The van der Waals surface area contributed by atoms with E-state index in [-0.39, 0.29) is 11.9 Å². The molecule has 0 unspecified atom stereocenters. The van der Waals surface area contributed by atoms with Crippen molar-refractivity contribution >= 4 is 39.3 Å². The van der Waals surface area contributed by atoms with Crippen molar-refractivity contribution in [1.82, 2.24) is 15.3 Å². The number of hydrogen-bond acceptors (Lipinski definition) is 5. The zero-order valence-corrected chi connectivity index (χ0v) is 19.8. The van der Waals surface area contributed by atoms with E-state index in [1.165, 1.54) is 5.39 Å². The number of para-hydroxylation sites is 1. The lowest BCUT2D eigenvalue weighted by Gasteiger charge is -2.30. The summed E-state index contributed by atoms with van der Waals surface area (Å²) in [5.41, 5.74) is 2.02. The minimum Gasteiger partial charge on any atom is -0.362 e. The highest BCUT2D eigenvalue weighted by molar-refractivity contribution is 5.91. The summed E-state index contributed by atoms with van der Waals surface area (Å²) in [6.45, 7) is 0. The third-order valence-electron chi connectivity index (χ3n) is 6.66. The van der Waals surface area contributed by atoms with Crippen molar-refractivity contribution in [3.63, 3.8) is 0 Å². The van der Waals surface area contributed by atoms with Crippen molar-refractivity contribution in [2.45, 2.75) is 44.2 Å². The van der Waals surface area contributed by atoms with Gasteiger partial charge in [0.25, 0.3) is 0 Å². The number of nitrogens with zero attached hydrogens (tertiary/aromatic N) is 3. The highest BCUT2D eigenvalue weighted by Gasteiger charge is 2.23. The van der Waals surface area contributed by atoms with Crippen LogP contribution in [0.1, 0.15) is 31.2 Å². The molecule has 0 aliphatic heterocycles. The molecule has 1 aromatic heterocycles. The largest absolute Gasteiger partial charge is 0.362 e. The van der Waals surface area contributed by atoms with Crippen LogP contribution in [0.5, 0.6) is 0 Å². The number of anilines is 2. The number of nitrogens with one attached hydrogen (secondary N) is 2. The minimum atomic E-state index is 0.0984. The number of carbonyl (C=O) groups is 1. The van der Waals surface area contributed by atoms with E-state index < -0.39 is 0 Å². The first kappa shape index (κ1) is 22.1. The van der Waals surface area contributed by atoms with E-state index in [0.717, 1.165) is 53.4 Å². The van der Waals surface area contributed by atoms with Crippen LogP contribution in [0.15, 0.2) is 66.7 Å². The Morgan fingerprint density at radius 2 is 1.53 bits per heavy atom. The monoisotopic (exact) mass is 453 g/mol. The Balaban J connectivity index is 1.18. The molecule has 34 heavy (non-hydrogen) atoms. The first-order valence-electron chi connectivity index (χ1n) is 12.0. The molecule has 1 fully saturated rings. The summed E-state index contributed by atoms with van der Waals surface area (Å²) in [7, 11) is 4.01. The Morgan fingerprint density at radius 3 is 2.32 bits per heavy atom. The second-order valence-electron chi connectivity index (χ2n) is 9.36. The number of aromatic nitrogens is 2. The lowest BCUT2D eigenvalue weighted by Crippen LogP contribution is -2.41. The van der Waals surface area contributed by atoms with Gasteiger partial charge in [0, 0.05) is 31.6 Å². The Hall–Kier alpha value is -3.67. The molecule has 0 atom stereocenters. The van der Waals surface area contributed by atoms with Crippen molar-refractivity contribution in [3.05, 3.63) is 72.3 Å². The molecule has 1 saturated carbocycles. The topological polar surface area (TPSA) is 70.2 Å². The molecule has 0 radical (unpaired) electrons. The summed E-state index contributed by atoms with van der Waals surface area (Å²) in [5.74, 6) is 1.69. The van der Waals surface area contributed by atoms with E-state index in [4.69, 9.17) is 9.97 Å². The van der Waals surface area contributed by atoms with Gasteiger partial charge in [0.15, 0.2) is 0 Å². The predicted octanol–water partition coefficient (Wildman–Crippen LogP) is 4.93. The van der Waals surface area contributed by atoms with E-state index in [1.807, 2.05) is 61.5 Å². The van der Waals surface area contributed by atoms with Crippen molar-refractivity contribution in [3.8, 4) is 0 Å². The molecular formula is C28H31N5O. The highest BCUT2D eigenvalue weighted by atomic mass is 16.1. The molecule has 174 valence electrons. The van der Waals surface area contributed by atoms with Gasteiger partial charge in [-0.1, -0.05) is 54.6 Å². The fourth-order valence-electron chi connectivity index (χ4n) is 4.93. The highest BCUT2D eigenvalue weighted by Crippen LogP contribution is 2.26. The van der Waals surface area contributed by atoms with Crippen LogP contribution in [0.25, 0.3) is 21.7 Å². The van der Waals surface area contributed by atoms with Gasteiger partial charge < -0.3 is 15.5 Å².